The van der Waals surface area contributed by atoms with Gasteiger partial charge in [-0.15, -0.1) is 16.4 Å². The highest BCUT2D eigenvalue weighted by atomic mass is 32.1. The predicted molar refractivity (Wildman–Crippen MR) is 148 cm³/mol. The lowest BCUT2D eigenvalue weighted by Gasteiger charge is -2.31. The number of nitrogens with zero attached hydrogens (tertiary/aromatic N) is 4. The first kappa shape index (κ1) is 25.2. The molecule has 2 aromatic heterocycles. The summed E-state index contributed by atoms with van der Waals surface area (Å²) in [4.78, 5) is 30.2. The van der Waals surface area contributed by atoms with Crippen LogP contribution in [0.1, 0.15) is 22.0 Å². The lowest BCUT2D eigenvalue weighted by molar-refractivity contribution is -0.140. The molecule has 1 atom stereocenters. The molecule has 5 rings (SSSR count). The zero-order valence-corrected chi connectivity index (χ0v) is 21.9. The number of nitrogens with one attached hydrogen (secondary N) is 1. The van der Waals surface area contributed by atoms with E-state index >= 15 is 0 Å². The van der Waals surface area contributed by atoms with Crippen LogP contribution in [0.5, 0.6) is 5.75 Å². The van der Waals surface area contributed by atoms with E-state index in [1.54, 1.807) is 41.0 Å². The second-order valence-corrected chi connectivity index (χ2v) is 9.80. The quantitative estimate of drug-likeness (QED) is 0.285. The summed E-state index contributed by atoms with van der Waals surface area (Å²) in [5.41, 5.74) is 4.08. The standard InChI is InChI=1S/C29H27N5O3S/c1-20-8-3-4-9-21(20)18-33(27(35)19-34-25-11-6-5-10-24(25)31-32-34)28(26-12-7-17-38-26)29(36)30-22-13-15-23(37-2)16-14-22/h3-17,28H,18-19H2,1-2H3,(H,30,36)/t28-/m1/s1. The molecule has 0 saturated carbocycles. The predicted octanol–water partition coefficient (Wildman–Crippen LogP) is 5.22. The van der Waals surface area contributed by atoms with Crippen molar-refractivity contribution in [2.75, 3.05) is 12.4 Å². The number of carbonyl (C=O) groups excluding carboxylic acids is 2. The Morgan fingerprint density at radius 1 is 1.00 bits per heavy atom. The van der Waals surface area contributed by atoms with Crippen molar-refractivity contribution in [1.82, 2.24) is 19.9 Å². The molecule has 3 aromatic carbocycles. The second-order valence-electron chi connectivity index (χ2n) is 8.82. The molecule has 0 fully saturated rings. The molecule has 38 heavy (non-hydrogen) atoms. The molecule has 5 aromatic rings. The molecule has 2 amide bonds. The highest BCUT2D eigenvalue weighted by molar-refractivity contribution is 7.10. The van der Waals surface area contributed by atoms with Gasteiger partial charge in [-0.3, -0.25) is 9.59 Å². The number of carbonyl (C=O) groups is 2. The molecule has 192 valence electrons. The van der Waals surface area contributed by atoms with Crippen LogP contribution in [-0.2, 0) is 22.7 Å². The Balaban J connectivity index is 1.51. The molecule has 0 saturated heterocycles. The van der Waals surface area contributed by atoms with Crippen LogP contribution in [0.3, 0.4) is 0 Å². The number of hydrogen-bond acceptors (Lipinski definition) is 6. The number of para-hydroxylation sites is 1. The minimum absolute atomic E-state index is 0.0515. The average Bonchev–Trinajstić information content (AvgIpc) is 3.61. The highest BCUT2D eigenvalue weighted by Gasteiger charge is 2.33. The van der Waals surface area contributed by atoms with E-state index in [1.807, 2.05) is 73.0 Å². The van der Waals surface area contributed by atoms with Crippen LogP contribution in [0.2, 0.25) is 0 Å². The molecular formula is C29H27N5O3S. The third kappa shape index (κ3) is 5.42. The summed E-state index contributed by atoms with van der Waals surface area (Å²) in [6.07, 6.45) is 0. The molecule has 9 heteroatoms. The number of benzene rings is 3. The number of hydrogen-bond donors (Lipinski definition) is 1. The minimum atomic E-state index is -0.848. The number of aromatic nitrogens is 3. The van der Waals surface area contributed by atoms with Crippen molar-refractivity contribution in [3.8, 4) is 5.75 Å². The molecule has 0 unspecified atom stereocenters. The van der Waals surface area contributed by atoms with Gasteiger partial charge in [-0.2, -0.15) is 0 Å². The first-order chi connectivity index (χ1) is 18.5. The van der Waals surface area contributed by atoms with Gasteiger partial charge in [0.05, 0.1) is 12.6 Å². The minimum Gasteiger partial charge on any atom is -0.497 e. The lowest BCUT2D eigenvalue weighted by atomic mass is 10.1. The summed E-state index contributed by atoms with van der Waals surface area (Å²) in [5, 5.41) is 13.3. The average molecular weight is 526 g/mol. The van der Waals surface area contributed by atoms with E-state index in [1.165, 1.54) is 11.3 Å². The number of methoxy groups -OCH3 is 1. The maximum Gasteiger partial charge on any atom is 0.252 e. The number of anilines is 1. The largest absolute Gasteiger partial charge is 0.497 e. The van der Waals surface area contributed by atoms with Gasteiger partial charge >= 0.3 is 0 Å². The molecule has 8 nitrogen and oxygen atoms in total. The lowest BCUT2D eigenvalue weighted by Crippen LogP contribution is -2.42. The zero-order valence-electron chi connectivity index (χ0n) is 21.1. The number of rotatable bonds is 9. The second kappa shape index (κ2) is 11.3. The van der Waals surface area contributed by atoms with Crippen molar-refractivity contribution in [3.63, 3.8) is 0 Å². The first-order valence-corrected chi connectivity index (χ1v) is 13.0. The third-order valence-corrected chi connectivity index (χ3v) is 7.28. The smallest absolute Gasteiger partial charge is 0.252 e. The maximum absolute atomic E-state index is 14.0. The molecule has 0 bridgehead atoms. The Morgan fingerprint density at radius 3 is 2.50 bits per heavy atom. The van der Waals surface area contributed by atoms with E-state index in [9.17, 15) is 9.59 Å². The number of aryl methyl sites for hydroxylation is 1. The van der Waals surface area contributed by atoms with Crippen molar-refractivity contribution < 1.29 is 14.3 Å². The molecule has 0 radical (unpaired) electrons. The Bertz CT molecular complexity index is 1550. The Hall–Kier alpha value is -4.50. The third-order valence-electron chi connectivity index (χ3n) is 6.36. The Morgan fingerprint density at radius 2 is 1.76 bits per heavy atom. The van der Waals surface area contributed by atoms with Crippen LogP contribution < -0.4 is 10.1 Å². The van der Waals surface area contributed by atoms with Gasteiger partial charge in [-0.05, 0) is 65.9 Å². The van der Waals surface area contributed by atoms with Gasteiger partial charge < -0.3 is 15.0 Å². The first-order valence-electron chi connectivity index (χ1n) is 12.1. The van der Waals surface area contributed by atoms with Gasteiger partial charge in [0.2, 0.25) is 5.91 Å². The fourth-order valence-corrected chi connectivity index (χ4v) is 5.14. The van der Waals surface area contributed by atoms with Gasteiger partial charge in [0.1, 0.15) is 23.9 Å². The normalized spacial score (nSPS) is 11.7. The molecule has 1 N–H and O–H groups in total. The molecule has 0 spiro atoms. The van der Waals surface area contributed by atoms with Crippen molar-refractivity contribution >= 4 is 39.9 Å². The molecule has 2 heterocycles. The number of amides is 2. The summed E-state index contributed by atoms with van der Waals surface area (Å²) in [6.45, 7) is 2.21. The van der Waals surface area contributed by atoms with E-state index in [0.717, 1.165) is 21.5 Å². The number of fused-ring (bicyclic) bond motifs is 1. The molecular weight excluding hydrogens is 498 g/mol. The fraction of sp³-hybridized carbons (Fsp3) is 0.172. The van der Waals surface area contributed by atoms with Gasteiger partial charge in [0.25, 0.3) is 5.91 Å². The van der Waals surface area contributed by atoms with Gasteiger partial charge in [-0.1, -0.05) is 47.7 Å². The number of thiophene rings is 1. The van der Waals surface area contributed by atoms with E-state index in [2.05, 4.69) is 15.6 Å². The monoisotopic (exact) mass is 525 g/mol. The van der Waals surface area contributed by atoms with Crippen molar-refractivity contribution in [2.24, 2.45) is 0 Å². The summed E-state index contributed by atoms with van der Waals surface area (Å²) < 4.78 is 6.81. The van der Waals surface area contributed by atoms with E-state index < -0.39 is 6.04 Å². The van der Waals surface area contributed by atoms with Gasteiger partial charge in [-0.25, -0.2) is 4.68 Å². The molecule has 0 aliphatic carbocycles. The summed E-state index contributed by atoms with van der Waals surface area (Å²) in [6, 6.07) is 25.4. The zero-order chi connectivity index (χ0) is 26.5. The summed E-state index contributed by atoms with van der Waals surface area (Å²) in [5.74, 6) is 0.143. The summed E-state index contributed by atoms with van der Waals surface area (Å²) >= 11 is 1.44. The van der Waals surface area contributed by atoms with Crippen LogP contribution in [0, 0.1) is 6.92 Å². The Labute approximate surface area is 224 Å². The van der Waals surface area contributed by atoms with Gasteiger partial charge in [0, 0.05) is 17.1 Å². The van der Waals surface area contributed by atoms with Crippen LogP contribution in [-0.4, -0.2) is 38.8 Å². The summed E-state index contributed by atoms with van der Waals surface area (Å²) in [7, 11) is 1.59. The maximum atomic E-state index is 14.0. The van der Waals surface area contributed by atoms with Crippen molar-refractivity contribution in [1.29, 1.82) is 0 Å². The number of ether oxygens (including phenoxy) is 1. The van der Waals surface area contributed by atoms with E-state index in [-0.39, 0.29) is 24.9 Å². The van der Waals surface area contributed by atoms with Crippen LogP contribution >= 0.6 is 11.3 Å². The SMILES string of the molecule is COc1ccc(NC(=O)[C@@H](c2cccs2)N(Cc2ccccc2C)C(=O)Cn2nnc3ccccc32)cc1. The van der Waals surface area contributed by atoms with Crippen LogP contribution in [0.15, 0.2) is 90.3 Å². The van der Waals surface area contributed by atoms with Crippen molar-refractivity contribution in [2.45, 2.75) is 26.1 Å². The highest BCUT2D eigenvalue weighted by Crippen LogP contribution is 2.30. The molecule has 0 aliphatic rings. The topological polar surface area (TPSA) is 89.4 Å². The van der Waals surface area contributed by atoms with Gasteiger partial charge in [0.15, 0.2) is 0 Å². The fourth-order valence-electron chi connectivity index (χ4n) is 4.30. The van der Waals surface area contributed by atoms with E-state index in [0.29, 0.717) is 17.0 Å². The Kier molecular flexibility index (Phi) is 7.46. The van der Waals surface area contributed by atoms with E-state index in [4.69, 9.17) is 4.74 Å². The van der Waals surface area contributed by atoms with Crippen molar-refractivity contribution in [3.05, 3.63) is 106 Å². The van der Waals surface area contributed by atoms with Crippen LogP contribution in [0.25, 0.3) is 11.0 Å². The molecule has 0 aliphatic heterocycles. The van der Waals surface area contributed by atoms with Crippen LogP contribution in [0.4, 0.5) is 5.69 Å².